The zero-order valence-corrected chi connectivity index (χ0v) is 17.0. The van der Waals surface area contributed by atoms with Crippen LogP contribution >= 0.6 is 34.4 Å². The van der Waals surface area contributed by atoms with Gasteiger partial charge in [-0.1, -0.05) is 23.1 Å². The summed E-state index contributed by atoms with van der Waals surface area (Å²) in [5.41, 5.74) is 1.82. The van der Waals surface area contributed by atoms with E-state index in [2.05, 4.69) is 15.3 Å². The van der Waals surface area contributed by atoms with Crippen molar-refractivity contribution in [3.8, 4) is 11.5 Å². The Kier molecular flexibility index (Phi) is 5.15. The highest BCUT2D eigenvalue weighted by Gasteiger charge is 2.13. The Balaban J connectivity index is 1.46. The fourth-order valence-electron chi connectivity index (χ4n) is 2.47. The summed E-state index contributed by atoms with van der Waals surface area (Å²) in [6, 6.07) is 11.0. The van der Waals surface area contributed by atoms with Crippen LogP contribution in [0.1, 0.15) is 0 Å². The van der Waals surface area contributed by atoms with Crippen molar-refractivity contribution < 1.29 is 14.3 Å². The van der Waals surface area contributed by atoms with Gasteiger partial charge in [-0.3, -0.25) is 10.1 Å². The lowest BCUT2D eigenvalue weighted by Crippen LogP contribution is -2.19. The molecule has 1 N–H and O–H groups in total. The van der Waals surface area contributed by atoms with E-state index in [1.165, 1.54) is 11.3 Å². The van der Waals surface area contributed by atoms with Crippen molar-refractivity contribution in [2.45, 2.75) is 4.34 Å². The molecule has 4 aromatic rings. The molecule has 0 spiro atoms. The van der Waals surface area contributed by atoms with Gasteiger partial charge in [-0.15, -0.1) is 11.3 Å². The molecular weight excluding hydrogens is 402 g/mol. The van der Waals surface area contributed by atoms with Gasteiger partial charge in [-0.2, -0.15) is 0 Å². The number of aromatic nitrogens is 2. The van der Waals surface area contributed by atoms with Crippen LogP contribution in [0.25, 0.3) is 20.4 Å². The number of benzene rings is 2. The first-order chi connectivity index (χ1) is 13.2. The van der Waals surface area contributed by atoms with E-state index < -0.39 is 0 Å². The Morgan fingerprint density at radius 3 is 2.41 bits per heavy atom. The smallest absolute Gasteiger partial charge is 0.264 e. The van der Waals surface area contributed by atoms with Gasteiger partial charge < -0.3 is 9.47 Å². The minimum absolute atomic E-state index is 0.0884. The molecule has 0 atom stereocenters. The van der Waals surface area contributed by atoms with Gasteiger partial charge in [0.2, 0.25) is 0 Å². The van der Waals surface area contributed by atoms with E-state index in [9.17, 15) is 4.79 Å². The standard InChI is InChI=1S/C18H15N3O3S3/c1-23-10-3-5-11(6-4-10)24-9-14(22)21-17-19-12-7-8-13-16(15(12)26-17)27-18(20-13)25-2/h3-8H,9H2,1-2H3,(H,19,21,22). The maximum atomic E-state index is 12.2. The molecule has 2 aromatic carbocycles. The number of carbonyl (C=O) groups is 1. The monoisotopic (exact) mass is 417 g/mol. The number of fused-ring (bicyclic) bond motifs is 3. The van der Waals surface area contributed by atoms with E-state index in [1.807, 2.05) is 18.4 Å². The average Bonchev–Trinajstić information content (AvgIpc) is 3.29. The topological polar surface area (TPSA) is 73.3 Å². The summed E-state index contributed by atoms with van der Waals surface area (Å²) >= 11 is 4.72. The minimum Gasteiger partial charge on any atom is -0.497 e. The van der Waals surface area contributed by atoms with Crippen molar-refractivity contribution in [3.63, 3.8) is 0 Å². The number of rotatable bonds is 6. The lowest BCUT2D eigenvalue weighted by molar-refractivity contribution is -0.118. The van der Waals surface area contributed by atoms with Crippen molar-refractivity contribution in [2.24, 2.45) is 0 Å². The van der Waals surface area contributed by atoms with Gasteiger partial charge in [0.05, 0.1) is 27.5 Å². The van der Waals surface area contributed by atoms with Crippen molar-refractivity contribution in [3.05, 3.63) is 36.4 Å². The Morgan fingerprint density at radius 1 is 1.04 bits per heavy atom. The molecule has 0 aliphatic carbocycles. The van der Waals surface area contributed by atoms with Gasteiger partial charge in [-0.25, -0.2) is 9.97 Å². The predicted octanol–water partition coefficient (Wildman–Crippen LogP) is 4.65. The number of anilines is 1. The number of ether oxygens (including phenoxy) is 2. The maximum Gasteiger partial charge on any atom is 0.264 e. The fraction of sp³-hybridized carbons (Fsp3) is 0.167. The van der Waals surface area contributed by atoms with E-state index >= 15 is 0 Å². The fourth-order valence-corrected chi connectivity index (χ4v) is 5.14. The summed E-state index contributed by atoms with van der Waals surface area (Å²) in [4.78, 5) is 21.3. The summed E-state index contributed by atoms with van der Waals surface area (Å²) in [6.07, 6.45) is 2.01. The summed E-state index contributed by atoms with van der Waals surface area (Å²) in [5.74, 6) is 1.08. The number of hydrogen-bond donors (Lipinski definition) is 1. The first-order valence-corrected chi connectivity index (χ1v) is 10.8. The number of thiazole rings is 2. The minimum atomic E-state index is -0.254. The van der Waals surface area contributed by atoms with Crippen LogP contribution in [-0.2, 0) is 4.79 Å². The first kappa shape index (κ1) is 18.0. The molecule has 9 heteroatoms. The van der Waals surface area contributed by atoms with Gasteiger partial charge in [0.1, 0.15) is 11.5 Å². The van der Waals surface area contributed by atoms with Crippen LogP contribution in [0.2, 0.25) is 0 Å². The third-order valence-electron chi connectivity index (χ3n) is 3.74. The maximum absolute atomic E-state index is 12.2. The molecule has 1 amide bonds. The molecule has 0 bridgehead atoms. The second-order valence-corrected chi connectivity index (χ2v) is 8.53. The molecule has 0 saturated heterocycles. The quantitative estimate of drug-likeness (QED) is 0.460. The van der Waals surface area contributed by atoms with E-state index in [1.54, 1.807) is 54.5 Å². The summed E-state index contributed by atoms with van der Waals surface area (Å²) in [6.45, 7) is -0.0884. The zero-order chi connectivity index (χ0) is 18.8. The van der Waals surface area contributed by atoms with Gasteiger partial charge in [0, 0.05) is 0 Å². The second kappa shape index (κ2) is 7.71. The van der Waals surface area contributed by atoms with E-state index in [4.69, 9.17) is 9.47 Å². The third-order valence-corrected chi connectivity index (χ3v) is 6.95. The Bertz CT molecular complexity index is 1110. The zero-order valence-electron chi connectivity index (χ0n) is 14.5. The highest BCUT2D eigenvalue weighted by molar-refractivity contribution is 8.00. The number of nitrogens with one attached hydrogen (secondary N) is 1. The third kappa shape index (κ3) is 3.85. The normalized spacial score (nSPS) is 11.0. The van der Waals surface area contributed by atoms with Crippen LogP contribution in [0.5, 0.6) is 11.5 Å². The summed E-state index contributed by atoms with van der Waals surface area (Å²) < 4.78 is 13.8. The number of thioether (sulfide) groups is 1. The van der Waals surface area contributed by atoms with Crippen molar-refractivity contribution >= 4 is 65.9 Å². The van der Waals surface area contributed by atoms with Crippen LogP contribution in [0, 0.1) is 0 Å². The SMILES string of the molecule is COc1ccc(OCC(=O)Nc2nc3ccc4nc(SC)sc4c3s2)cc1. The molecule has 0 aliphatic rings. The van der Waals surface area contributed by atoms with E-state index in [-0.39, 0.29) is 12.5 Å². The van der Waals surface area contributed by atoms with Gasteiger partial charge in [-0.05, 0) is 42.7 Å². The number of hydrogen-bond acceptors (Lipinski definition) is 8. The molecule has 27 heavy (non-hydrogen) atoms. The summed E-state index contributed by atoms with van der Waals surface area (Å²) in [7, 11) is 1.60. The van der Waals surface area contributed by atoms with Crippen LogP contribution in [0.3, 0.4) is 0 Å². The molecule has 138 valence electrons. The van der Waals surface area contributed by atoms with Crippen molar-refractivity contribution in [1.29, 1.82) is 0 Å². The van der Waals surface area contributed by atoms with Crippen molar-refractivity contribution in [1.82, 2.24) is 9.97 Å². The number of amides is 1. The Hall–Kier alpha value is -2.36. The summed E-state index contributed by atoms with van der Waals surface area (Å²) in [5, 5.41) is 3.36. The molecule has 2 aromatic heterocycles. The van der Waals surface area contributed by atoms with Gasteiger partial charge in [0.25, 0.3) is 5.91 Å². The number of carbonyl (C=O) groups excluding carboxylic acids is 1. The lowest BCUT2D eigenvalue weighted by Gasteiger charge is -2.06. The van der Waals surface area contributed by atoms with E-state index in [0.29, 0.717) is 10.9 Å². The molecule has 4 rings (SSSR count). The molecular formula is C18H15N3O3S3. The van der Waals surface area contributed by atoms with Crippen LogP contribution in [0.15, 0.2) is 40.7 Å². The largest absolute Gasteiger partial charge is 0.497 e. The second-order valence-electron chi connectivity index (χ2n) is 5.48. The average molecular weight is 418 g/mol. The van der Waals surface area contributed by atoms with Crippen LogP contribution < -0.4 is 14.8 Å². The van der Waals surface area contributed by atoms with Gasteiger partial charge >= 0.3 is 0 Å². The molecule has 0 unspecified atom stereocenters. The van der Waals surface area contributed by atoms with Gasteiger partial charge in [0.15, 0.2) is 16.1 Å². The Labute approximate surface area is 167 Å². The van der Waals surface area contributed by atoms with Crippen LogP contribution in [-0.4, -0.2) is 35.8 Å². The molecule has 6 nitrogen and oxygen atoms in total. The molecule has 0 saturated carbocycles. The number of nitrogens with zero attached hydrogens (tertiary/aromatic N) is 2. The van der Waals surface area contributed by atoms with Crippen molar-refractivity contribution in [2.75, 3.05) is 25.3 Å². The highest BCUT2D eigenvalue weighted by atomic mass is 32.2. The predicted molar refractivity (Wildman–Crippen MR) is 112 cm³/mol. The first-order valence-electron chi connectivity index (χ1n) is 7.97. The molecule has 2 heterocycles. The van der Waals surface area contributed by atoms with Crippen LogP contribution in [0.4, 0.5) is 5.13 Å². The molecule has 0 fully saturated rings. The molecule has 0 radical (unpaired) electrons. The number of methoxy groups -OCH3 is 1. The Morgan fingerprint density at radius 2 is 1.70 bits per heavy atom. The van der Waals surface area contributed by atoms with E-state index in [0.717, 1.165) is 30.5 Å². The lowest BCUT2D eigenvalue weighted by atomic mass is 10.3. The molecule has 0 aliphatic heterocycles. The highest BCUT2D eigenvalue weighted by Crippen LogP contribution is 2.37.